The smallest absolute Gasteiger partial charge is 0.411 e. The van der Waals surface area contributed by atoms with Gasteiger partial charge in [0.05, 0.1) is 0 Å². The molecule has 0 bridgehead atoms. The molecule has 0 saturated carbocycles. The molecule has 1 N–H and O–H groups in total. The summed E-state index contributed by atoms with van der Waals surface area (Å²) in [5.74, 6) is 0. The number of ether oxygens (including phenoxy) is 1. The second-order valence-corrected chi connectivity index (χ2v) is 5.18. The summed E-state index contributed by atoms with van der Waals surface area (Å²) in [4.78, 5) is 13.4. The maximum absolute atomic E-state index is 11.4. The highest BCUT2D eigenvalue weighted by atomic mass is 16.6. The molecule has 0 heterocycles. The van der Waals surface area contributed by atoms with E-state index in [1.807, 2.05) is 65.8 Å². The van der Waals surface area contributed by atoms with Gasteiger partial charge in [-0.3, -0.25) is 5.32 Å². The Kier molecular flexibility index (Phi) is 5.79. The average Bonchev–Trinajstić information content (AvgIpc) is 2.10. The molecule has 0 spiro atoms. The first kappa shape index (κ1) is 15.6. The molecule has 0 aromatic heterocycles. The number of allylic oxidation sites excluding steroid dienone is 4. The predicted octanol–water partition coefficient (Wildman–Crippen LogP) is 2.88. The van der Waals surface area contributed by atoms with Gasteiger partial charge in [0.15, 0.2) is 0 Å². The van der Waals surface area contributed by atoms with E-state index in [1.54, 1.807) is 0 Å². The Bertz CT molecular complexity index is 323. The third-order valence-corrected chi connectivity index (χ3v) is 1.98. The van der Waals surface area contributed by atoms with E-state index >= 15 is 0 Å². The maximum atomic E-state index is 11.4. The number of hydrogen-bond acceptors (Lipinski definition) is 3. The molecule has 0 aromatic rings. The number of amides is 1. The van der Waals surface area contributed by atoms with E-state index in [-0.39, 0.29) is 0 Å². The van der Waals surface area contributed by atoms with Gasteiger partial charge in [-0.2, -0.15) is 0 Å². The van der Waals surface area contributed by atoms with Crippen LogP contribution in [-0.2, 0) is 4.74 Å². The highest BCUT2D eigenvalue weighted by Gasteiger charge is 2.15. The predicted molar refractivity (Wildman–Crippen MR) is 70.6 cm³/mol. The van der Waals surface area contributed by atoms with Crippen LogP contribution < -0.4 is 5.32 Å². The normalized spacial score (nSPS) is 13.4. The first-order valence-electron chi connectivity index (χ1n) is 5.64. The monoisotopic (exact) mass is 240 g/mol. The Morgan fingerprint density at radius 3 is 2.12 bits per heavy atom. The molecule has 0 fully saturated rings. The molecule has 4 heteroatoms. The topological polar surface area (TPSA) is 41.6 Å². The quantitative estimate of drug-likeness (QED) is 0.771. The molecule has 0 aliphatic rings. The number of hydrogen-bond donors (Lipinski definition) is 1. The SMILES string of the molecule is C/C(=C/C=C(\C)NC(=O)OC(C)(C)C)N(C)C. The molecule has 0 unspecified atom stereocenters. The lowest BCUT2D eigenvalue weighted by molar-refractivity contribution is 0.0546. The van der Waals surface area contributed by atoms with Crippen molar-refractivity contribution in [2.45, 2.75) is 40.2 Å². The van der Waals surface area contributed by atoms with Crippen molar-refractivity contribution in [1.82, 2.24) is 10.2 Å². The lowest BCUT2D eigenvalue weighted by Gasteiger charge is -2.19. The summed E-state index contributed by atoms with van der Waals surface area (Å²) in [6.45, 7) is 9.33. The second-order valence-electron chi connectivity index (χ2n) is 5.18. The lowest BCUT2D eigenvalue weighted by atomic mass is 10.2. The van der Waals surface area contributed by atoms with Crippen LogP contribution in [0.5, 0.6) is 0 Å². The summed E-state index contributed by atoms with van der Waals surface area (Å²) in [5, 5.41) is 2.67. The Balaban J connectivity index is 4.36. The summed E-state index contributed by atoms with van der Waals surface area (Å²) >= 11 is 0. The standard InChI is InChI=1S/C13H24N2O2/c1-10(8-9-11(2)15(6)7)14-12(16)17-13(3,4)5/h8-9H,1-7H3,(H,14,16)/b10-8+,11-9-. The number of rotatable bonds is 3. The molecule has 0 aliphatic carbocycles. The van der Waals surface area contributed by atoms with Crippen LogP contribution in [0.15, 0.2) is 23.5 Å². The van der Waals surface area contributed by atoms with Gasteiger partial charge in [-0.25, -0.2) is 4.79 Å². The number of carbonyl (C=O) groups excluding carboxylic acids is 1. The minimum absolute atomic E-state index is 0.429. The van der Waals surface area contributed by atoms with Gasteiger partial charge in [0.2, 0.25) is 0 Å². The van der Waals surface area contributed by atoms with Crippen molar-refractivity contribution in [2.24, 2.45) is 0 Å². The largest absolute Gasteiger partial charge is 0.444 e. The summed E-state index contributed by atoms with van der Waals surface area (Å²) in [7, 11) is 3.94. The third kappa shape index (κ3) is 8.37. The molecule has 0 saturated heterocycles. The van der Waals surface area contributed by atoms with Crippen molar-refractivity contribution in [2.75, 3.05) is 14.1 Å². The molecule has 0 radical (unpaired) electrons. The molecular formula is C13H24N2O2. The van der Waals surface area contributed by atoms with Crippen LogP contribution >= 0.6 is 0 Å². The zero-order valence-corrected chi connectivity index (χ0v) is 11.9. The first-order valence-corrected chi connectivity index (χ1v) is 5.64. The fourth-order valence-electron chi connectivity index (χ4n) is 0.901. The van der Waals surface area contributed by atoms with E-state index in [0.29, 0.717) is 0 Å². The van der Waals surface area contributed by atoms with Gasteiger partial charge in [0.1, 0.15) is 5.60 Å². The zero-order chi connectivity index (χ0) is 13.6. The van der Waals surface area contributed by atoms with Crippen LogP contribution in [0.1, 0.15) is 34.6 Å². The molecule has 0 rings (SSSR count). The van der Waals surface area contributed by atoms with Crippen LogP contribution in [-0.4, -0.2) is 30.7 Å². The summed E-state index contributed by atoms with van der Waals surface area (Å²) in [6, 6.07) is 0. The van der Waals surface area contributed by atoms with Crippen molar-refractivity contribution in [3.8, 4) is 0 Å². The molecule has 1 amide bonds. The van der Waals surface area contributed by atoms with Gasteiger partial charge in [0.25, 0.3) is 0 Å². The van der Waals surface area contributed by atoms with E-state index in [0.717, 1.165) is 11.4 Å². The van der Waals surface area contributed by atoms with Gasteiger partial charge in [-0.1, -0.05) is 0 Å². The van der Waals surface area contributed by atoms with Gasteiger partial charge in [0, 0.05) is 25.5 Å². The minimum atomic E-state index is -0.472. The molecule has 17 heavy (non-hydrogen) atoms. The minimum Gasteiger partial charge on any atom is -0.444 e. The fourth-order valence-corrected chi connectivity index (χ4v) is 0.901. The maximum Gasteiger partial charge on any atom is 0.411 e. The highest BCUT2D eigenvalue weighted by Crippen LogP contribution is 2.07. The average molecular weight is 240 g/mol. The number of alkyl carbamates (subject to hydrolysis) is 1. The van der Waals surface area contributed by atoms with Crippen LogP contribution in [0.4, 0.5) is 4.79 Å². The van der Waals surface area contributed by atoms with Crippen molar-refractivity contribution in [3.63, 3.8) is 0 Å². The Morgan fingerprint density at radius 2 is 1.71 bits per heavy atom. The lowest BCUT2D eigenvalue weighted by Crippen LogP contribution is -2.31. The van der Waals surface area contributed by atoms with Crippen LogP contribution in [0, 0.1) is 0 Å². The molecule has 0 atom stereocenters. The van der Waals surface area contributed by atoms with E-state index in [1.165, 1.54) is 0 Å². The number of nitrogens with zero attached hydrogens (tertiary/aromatic N) is 1. The van der Waals surface area contributed by atoms with Crippen molar-refractivity contribution in [1.29, 1.82) is 0 Å². The van der Waals surface area contributed by atoms with Gasteiger partial charge in [-0.15, -0.1) is 0 Å². The number of nitrogens with one attached hydrogen (secondary N) is 1. The van der Waals surface area contributed by atoms with E-state index in [4.69, 9.17) is 4.74 Å². The Hall–Kier alpha value is -1.45. The fraction of sp³-hybridized carbons (Fsp3) is 0.615. The summed E-state index contributed by atoms with van der Waals surface area (Å²) in [5.41, 5.74) is 1.38. The van der Waals surface area contributed by atoms with Crippen molar-refractivity contribution in [3.05, 3.63) is 23.5 Å². The zero-order valence-electron chi connectivity index (χ0n) is 11.9. The van der Waals surface area contributed by atoms with Crippen molar-refractivity contribution >= 4 is 6.09 Å². The summed E-state index contributed by atoms with van der Waals surface area (Å²) < 4.78 is 5.14. The molecule has 4 nitrogen and oxygen atoms in total. The molecule has 98 valence electrons. The Morgan fingerprint density at radius 1 is 1.18 bits per heavy atom. The Labute approximate surface area is 104 Å². The van der Waals surface area contributed by atoms with Crippen LogP contribution in [0.25, 0.3) is 0 Å². The van der Waals surface area contributed by atoms with Crippen LogP contribution in [0.2, 0.25) is 0 Å². The molecular weight excluding hydrogens is 216 g/mol. The van der Waals surface area contributed by atoms with Gasteiger partial charge < -0.3 is 9.64 Å². The van der Waals surface area contributed by atoms with E-state index in [2.05, 4.69) is 5.32 Å². The third-order valence-electron chi connectivity index (χ3n) is 1.98. The molecule has 0 aromatic carbocycles. The van der Waals surface area contributed by atoms with Gasteiger partial charge in [-0.05, 0) is 46.8 Å². The first-order chi connectivity index (χ1) is 7.61. The van der Waals surface area contributed by atoms with Crippen LogP contribution in [0.3, 0.4) is 0 Å². The summed E-state index contributed by atoms with van der Waals surface area (Å²) in [6.07, 6.45) is 3.36. The second kappa shape index (κ2) is 6.33. The van der Waals surface area contributed by atoms with Crippen molar-refractivity contribution < 1.29 is 9.53 Å². The van der Waals surface area contributed by atoms with E-state index < -0.39 is 11.7 Å². The number of carbonyl (C=O) groups is 1. The molecule has 0 aliphatic heterocycles. The van der Waals surface area contributed by atoms with Gasteiger partial charge >= 0.3 is 6.09 Å². The van der Waals surface area contributed by atoms with E-state index in [9.17, 15) is 4.79 Å². The highest BCUT2D eigenvalue weighted by molar-refractivity contribution is 5.69.